The normalized spacial score (nSPS) is 11.2. The first-order valence-corrected chi connectivity index (χ1v) is 7.72. The predicted octanol–water partition coefficient (Wildman–Crippen LogP) is 2.18. The molecule has 0 spiro atoms. The van der Waals surface area contributed by atoms with Crippen LogP contribution in [0.15, 0.2) is 12.2 Å². The van der Waals surface area contributed by atoms with Crippen LogP contribution in [0.2, 0.25) is 0 Å². The van der Waals surface area contributed by atoms with Crippen LogP contribution in [-0.2, 0) is 9.59 Å². The summed E-state index contributed by atoms with van der Waals surface area (Å²) in [6.45, 7) is 8.10. The molecule has 0 unspecified atom stereocenters. The van der Waals surface area contributed by atoms with Gasteiger partial charge in [-0.1, -0.05) is 13.0 Å². The topological polar surface area (TPSA) is 66.4 Å². The first-order chi connectivity index (χ1) is 9.74. The average Bonchev–Trinajstić information content (AvgIpc) is 2.38. The summed E-state index contributed by atoms with van der Waals surface area (Å²) >= 11 is 0. The van der Waals surface area contributed by atoms with E-state index in [4.69, 9.17) is 5.11 Å². The Labute approximate surface area is 128 Å². The maximum atomic E-state index is 11.3. The standard InChI is InChI=1S/C16H30N2O3/c1-14(2)16(21)17-11-9-13-18(3,4)12-8-6-5-7-10-15(19)20/h1,5-13H2,2-4H3,(H-,17,19,20,21)/p+1. The minimum absolute atomic E-state index is 0.0706. The molecule has 0 aromatic rings. The van der Waals surface area contributed by atoms with Gasteiger partial charge in [-0.3, -0.25) is 9.59 Å². The van der Waals surface area contributed by atoms with E-state index in [1.807, 2.05) is 0 Å². The lowest BCUT2D eigenvalue weighted by molar-refractivity contribution is -0.890. The molecule has 0 aliphatic carbocycles. The van der Waals surface area contributed by atoms with Crippen LogP contribution in [0.25, 0.3) is 0 Å². The maximum Gasteiger partial charge on any atom is 0.303 e. The highest BCUT2D eigenvalue weighted by molar-refractivity contribution is 5.91. The van der Waals surface area contributed by atoms with Gasteiger partial charge in [0.25, 0.3) is 0 Å². The SMILES string of the molecule is C=C(C)C(=O)NCCC[N+](C)(C)CCCCCCC(=O)O. The van der Waals surface area contributed by atoms with Crippen LogP contribution in [0, 0.1) is 0 Å². The lowest BCUT2D eigenvalue weighted by Gasteiger charge is -2.30. The number of quaternary nitrogens is 1. The molecule has 0 aliphatic rings. The Kier molecular flexibility index (Phi) is 9.71. The van der Waals surface area contributed by atoms with Crippen LogP contribution in [-0.4, -0.2) is 55.2 Å². The molecule has 5 nitrogen and oxygen atoms in total. The number of hydrogen-bond donors (Lipinski definition) is 2. The smallest absolute Gasteiger partial charge is 0.303 e. The summed E-state index contributed by atoms with van der Waals surface area (Å²) in [6, 6.07) is 0. The van der Waals surface area contributed by atoms with Gasteiger partial charge in [0.05, 0.1) is 27.2 Å². The molecule has 0 aromatic carbocycles. The lowest BCUT2D eigenvalue weighted by Crippen LogP contribution is -2.42. The highest BCUT2D eigenvalue weighted by Gasteiger charge is 2.14. The van der Waals surface area contributed by atoms with E-state index in [0.717, 1.165) is 49.7 Å². The Bertz CT molecular complexity index is 351. The molecule has 2 N–H and O–H groups in total. The summed E-state index contributed by atoms with van der Waals surface area (Å²) in [4.78, 5) is 21.7. The zero-order chi connectivity index (χ0) is 16.3. The van der Waals surface area contributed by atoms with Gasteiger partial charge < -0.3 is 14.9 Å². The van der Waals surface area contributed by atoms with Crippen molar-refractivity contribution in [3.8, 4) is 0 Å². The van der Waals surface area contributed by atoms with Gasteiger partial charge in [0.2, 0.25) is 5.91 Å². The summed E-state index contributed by atoms with van der Waals surface area (Å²) in [5.41, 5.74) is 0.546. The molecule has 21 heavy (non-hydrogen) atoms. The lowest BCUT2D eigenvalue weighted by atomic mass is 10.1. The number of carbonyl (C=O) groups excluding carboxylic acids is 1. The number of aliphatic carboxylic acids is 1. The largest absolute Gasteiger partial charge is 0.481 e. The first kappa shape index (κ1) is 19.6. The molecular formula is C16H31N2O3+. The summed E-state index contributed by atoms with van der Waals surface area (Å²) in [7, 11) is 4.38. The fraction of sp³-hybridized carbons (Fsp3) is 0.750. The quantitative estimate of drug-likeness (QED) is 0.330. The number of amides is 1. The zero-order valence-corrected chi connectivity index (χ0v) is 13.8. The molecule has 0 saturated carbocycles. The Balaban J connectivity index is 3.62. The fourth-order valence-corrected chi connectivity index (χ4v) is 2.14. The van der Waals surface area contributed by atoms with Crippen molar-refractivity contribution in [2.75, 3.05) is 33.7 Å². The van der Waals surface area contributed by atoms with Crippen molar-refractivity contribution in [3.05, 3.63) is 12.2 Å². The number of nitrogens with zero attached hydrogens (tertiary/aromatic N) is 1. The number of nitrogens with one attached hydrogen (secondary N) is 1. The molecule has 5 heteroatoms. The second kappa shape index (κ2) is 10.4. The van der Waals surface area contributed by atoms with E-state index in [-0.39, 0.29) is 12.3 Å². The van der Waals surface area contributed by atoms with Crippen molar-refractivity contribution in [3.63, 3.8) is 0 Å². The molecule has 1 amide bonds. The van der Waals surface area contributed by atoms with E-state index in [1.165, 1.54) is 0 Å². The molecule has 0 heterocycles. The van der Waals surface area contributed by atoms with E-state index >= 15 is 0 Å². The van der Waals surface area contributed by atoms with Gasteiger partial charge in [-0.25, -0.2) is 0 Å². The minimum atomic E-state index is -0.706. The van der Waals surface area contributed by atoms with Crippen molar-refractivity contribution >= 4 is 11.9 Å². The van der Waals surface area contributed by atoms with Gasteiger partial charge >= 0.3 is 5.97 Å². The first-order valence-electron chi connectivity index (χ1n) is 7.72. The van der Waals surface area contributed by atoms with Crippen molar-refractivity contribution in [1.82, 2.24) is 5.32 Å². The molecule has 0 saturated heterocycles. The van der Waals surface area contributed by atoms with E-state index in [2.05, 4.69) is 26.0 Å². The molecule has 0 bridgehead atoms. The van der Waals surface area contributed by atoms with Gasteiger partial charge in [0.15, 0.2) is 0 Å². The highest BCUT2D eigenvalue weighted by Crippen LogP contribution is 2.07. The molecular weight excluding hydrogens is 268 g/mol. The molecule has 0 fully saturated rings. The monoisotopic (exact) mass is 299 g/mol. The number of rotatable bonds is 12. The van der Waals surface area contributed by atoms with E-state index in [0.29, 0.717) is 12.1 Å². The summed E-state index contributed by atoms with van der Waals surface area (Å²) in [5.74, 6) is -0.776. The van der Waals surface area contributed by atoms with E-state index in [1.54, 1.807) is 6.92 Å². The van der Waals surface area contributed by atoms with Gasteiger partial charge in [-0.05, 0) is 26.2 Å². The number of carbonyl (C=O) groups is 2. The Morgan fingerprint density at radius 1 is 1.05 bits per heavy atom. The second-order valence-corrected chi connectivity index (χ2v) is 6.33. The van der Waals surface area contributed by atoms with Crippen LogP contribution < -0.4 is 5.32 Å². The van der Waals surface area contributed by atoms with Gasteiger partial charge in [0, 0.05) is 25.0 Å². The number of unbranched alkanes of at least 4 members (excludes halogenated alkanes) is 3. The van der Waals surface area contributed by atoms with Gasteiger partial charge in [-0.2, -0.15) is 0 Å². The van der Waals surface area contributed by atoms with Crippen LogP contribution >= 0.6 is 0 Å². The second-order valence-electron chi connectivity index (χ2n) is 6.33. The third-order valence-corrected chi connectivity index (χ3v) is 3.52. The molecule has 0 aromatic heterocycles. The van der Waals surface area contributed by atoms with Crippen LogP contribution in [0.3, 0.4) is 0 Å². The third-order valence-electron chi connectivity index (χ3n) is 3.52. The number of hydrogen-bond acceptors (Lipinski definition) is 2. The highest BCUT2D eigenvalue weighted by atomic mass is 16.4. The van der Waals surface area contributed by atoms with Crippen molar-refractivity contribution < 1.29 is 19.2 Å². The number of carboxylic acid groups (broad SMARTS) is 1. The molecule has 0 radical (unpaired) electrons. The van der Waals surface area contributed by atoms with E-state index in [9.17, 15) is 9.59 Å². The maximum absolute atomic E-state index is 11.3. The Hall–Kier alpha value is -1.36. The van der Waals surface area contributed by atoms with Gasteiger partial charge in [-0.15, -0.1) is 0 Å². The number of carboxylic acids is 1. The van der Waals surface area contributed by atoms with Crippen LogP contribution in [0.4, 0.5) is 0 Å². The fourth-order valence-electron chi connectivity index (χ4n) is 2.14. The molecule has 0 atom stereocenters. The summed E-state index contributed by atoms with van der Waals surface area (Å²) in [6.07, 6.45) is 5.19. The van der Waals surface area contributed by atoms with Crippen molar-refractivity contribution in [2.24, 2.45) is 0 Å². The average molecular weight is 299 g/mol. The minimum Gasteiger partial charge on any atom is -0.481 e. The predicted molar refractivity (Wildman–Crippen MR) is 85.0 cm³/mol. The summed E-state index contributed by atoms with van der Waals surface area (Å²) in [5, 5.41) is 11.4. The Morgan fingerprint density at radius 2 is 1.62 bits per heavy atom. The third kappa shape index (κ3) is 12.1. The van der Waals surface area contributed by atoms with Crippen LogP contribution in [0.1, 0.15) is 45.4 Å². The summed E-state index contributed by atoms with van der Waals surface area (Å²) < 4.78 is 0.932. The molecule has 122 valence electrons. The molecule has 0 rings (SSSR count). The van der Waals surface area contributed by atoms with Crippen molar-refractivity contribution in [1.29, 1.82) is 0 Å². The molecule has 0 aliphatic heterocycles. The van der Waals surface area contributed by atoms with Crippen LogP contribution in [0.5, 0.6) is 0 Å². The zero-order valence-electron chi connectivity index (χ0n) is 13.8. The van der Waals surface area contributed by atoms with Crippen molar-refractivity contribution in [2.45, 2.75) is 45.4 Å². The van der Waals surface area contributed by atoms with E-state index < -0.39 is 5.97 Å². The van der Waals surface area contributed by atoms with Gasteiger partial charge in [0.1, 0.15) is 0 Å². The Morgan fingerprint density at radius 3 is 2.19 bits per heavy atom.